The standard InChI is InChI=1S/C23H24N4O6/c24-12-15-6-8-17(9-7-15)19-10-18(33-27-19)11-21(28)25-13-20(22(29)30)26-23(31)32-14-16-4-2-1-3-5-16/h1-9,18-20,27H,10-11,13-14H2,(H,25,28)(H,26,31)(H,29,30)/t18-,19+,20?/m1/s1. The molecule has 0 aromatic heterocycles. The average Bonchev–Trinajstić information content (AvgIpc) is 3.29. The van der Waals surface area contributed by atoms with E-state index in [1.807, 2.05) is 18.2 Å². The lowest BCUT2D eigenvalue weighted by atomic mass is 10.00. The van der Waals surface area contributed by atoms with Crippen molar-refractivity contribution in [1.29, 1.82) is 5.26 Å². The van der Waals surface area contributed by atoms with Crippen LogP contribution in [0, 0.1) is 11.3 Å². The molecule has 10 nitrogen and oxygen atoms in total. The Morgan fingerprint density at radius 3 is 2.58 bits per heavy atom. The van der Waals surface area contributed by atoms with Gasteiger partial charge in [0, 0.05) is 6.54 Å². The molecule has 1 heterocycles. The maximum atomic E-state index is 12.3. The van der Waals surface area contributed by atoms with Crippen molar-refractivity contribution in [3.8, 4) is 6.07 Å². The number of alkyl carbamates (subject to hydrolysis) is 1. The third kappa shape index (κ3) is 7.31. The lowest BCUT2D eigenvalue weighted by molar-refractivity contribution is -0.139. The first kappa shape index (κ1) is 23.7. The molecule has 33 heavy (non-hydrogen) atoms. The lowest BCUT2D eigenvalue weighted by Crippen LogP contribution is -2.48. The zero-order chi connectivity index (χ0) is 23.6. The largest absolute Gasteiger partial charge is 0.480 e. The smallest absolute Gasteiger partial charge is 0.408 e. The van der Waals surface area contributed by atoms with Gasteiger partial charge in [-0.15, -0.1) is 0 Å². The van der Waals surface area contributed by atoms with Crippen LogP contribution in [-0.2, 0) is 25.8 Å². The maximum absolute atomic E-state index is 12.3. The zero-order valence-corrected chi connectivity index (χ0v) is 17.7. The molecule has 4 N–H and O–H groups in total. The molecule has 1 aliphatic rings. The Morgan fingerprint density at radius 2 is 1.91 bits per heavy atom. The number of hydrogen-bond acceptors (Lipinski definition) is 7. The van der Waals surface area contributed by atoms with Crippen molar-refractivity contribution in [3.05, 3.63) is 71.3 Å². The number of hydrogen-bond donors (Lipinski definition) is 4. The molecule has 0 bridgehead atoms. The SMILES string of the molecule is N#Cc1ccc([C@@H]2C[C@H](CC(=O)NCC(NC(=O)OCc3ccccc3)C(=O)O)ON2)cc1. The molecule has 3 atom stereocenters. The number of aliphatic carboxylic acids is 1. The van der Waals surface area contributed by atoms with E-state index in [0.29, 0.717) is 12.0 Å². The molecule has 1 unspecified atom stereocenters. The van der Waals surface area contributed by atoms with Crippen molar-refractivity contribution < 1.29 is 29.1 Å². The normalized spacial score (nSPS) is 18.0. The lowest BCUT2D eigenvalue weighted by Gasteiger charge is -2.16. The number of amides is 2. The number of nitrogens with zero attached hydrogens (tertiary/aromatic N) is 1. The minimum absolute atomic E-state index is 0.00219. The molecule has 0 radical (unpaired) electrons. The van der Waals surface area contributed by atoms with E-state index in [0.717, 1.165) is 11.1 Å². The molecule has 2 aromatic rings. The number of benzene rings is 2. The van der Waals surface area contributed by atoms with Gasteiger partial charge in [-0.3, -0.25) is 9.63 Å². The van der Waals surface area contributed by atoms with E-state index in [1.54, 1.807) is 36.4 Å². The van der Waals surface area contributed by atoms with Crippen LogP contribution < -0.4 is 16.1 Å². The number of ether oxygens (including phenoxy) is 1. The number of carbonyl (C=O) groups excluding carboxylic acids is 2. The predicted octanol–water partition coefficient (Wildman–Crippen LogP) is 1.78. The minimum Gasteiger partial charge on any atom is -0.480 e. The van der Waals surface area contributed by atoms with Crippen molar-refractivity contribution in [2.24, 2.45) is 0 Å². The number of rotatable bonds is 9. The summed E-state index contributed by atoms with van der Waals surface area (Å²) in [6.07, 6.45) is -0.747. The number of nitriles is 1. The third-order valence-corrected chi connectivity index (χ3v) is 5.04. The van der Waals surface area contributed by atoms with Crippen molar-refractivity contribution in [3.63, 3.8) is 0 Å². The Morgan fingerprint density at radius 1 is 1.18 bits per heavy atom. The molecule has 3 rings (SSSR count). The van der Waals surface area contributed by atoms with Gasteiger partial charge in [0.25, 0.3) is 0 Å². The second-order valence-corrected chi connectivity index (χ2v) is 7.48. The Bertz CT molecular complexity index is 1010. The van der Waals surface area contributed by atoms with Crippen molar-refractivity contribution in [1.82, 2.24) is 16.1 Å². The van der Waals surface area contributed by atoms with Crippen molar-refractivity contribution in [2.45, 2.75) is 37.6 Å². The topological polar surface area (TPSA) is 150 Å². The molecule has 1 aliphatic heterocycles. The second-order valence-electron chi connectivity index (χ2n) is 7.48. The fraction of sp³-hybridized carbons (Fsp3) is 0.304. The highest BCUT2D eigenvalue weighted by Crippen LogP contribution is 2.27. The van der Waals surface area contributed by atoms with Gasteiger partial charge < -0.3 is 20.5 Å². The van der Waals surface area contributed by atoms with Crippen LogP contribution in [-0.4, -0.2) is 41.8 Å². The maximum Gasteiger partial charge on any atom is 0.408 e. The molecule has 2 amide bonds. The van der Waals surface area contributed by atoms with Gasteiger partial charge in [0.05, 0.1) is 30.2 Å². The summed E-state index contributed by atoms with van der Waals surface area (Å²) in [5.41, 5.74) is 5.12. The van der Waals surface area contributed by atoms with Crippen LogP contribution in [0.25, 0.3) is 0 Å². The third-order valence-electron chi connectivity index (χ3n) is 5.04. The van der Waals surface area contributed by atoms with Crippen LogP contribution in [0.2, 0.25) is 0 Å². The highest BCUT2D eigenvalue weighted by atomic mass is 16.7. The quantitative estimate of drug-likeness (QED) is 0.450. The van der Waals surface area contributed by atoms with Gasteiger partial charge in [-0.05, 0) is 29.7 Å². The molecule has 172 valence electrons. The molecular weight excluding hydrogens is 428 g/mol. The molecule has 10 heteroatoms. The van der Waals surface area contributed by atoms with Gasteiger partial charge in [0.15, 0.2) is 0 Å². The van der Waals surface area contributed by atoms with E-state index in [1.165, 1.54) is 0 Å². The zero-order valence-electron chi connectivity index (χ0n) is 17.7. The van der Waals surface area contributed by atoms with E-state index < -0.39 is 30.1 Å². The first-order chi connectivity index (χ1) is 15.9. The summed E-state index contributed by atoms with van der Waals surface area (Å²) in [6.45, 7) is -0.300. The molecule has 0 spiro atoms. The van der Waals surface area contributed by atoms with Gasteiger partial charge in [-0.1, -0.05) is 42.5 Å². The Labute approximate surface area is 190 Å². The van der Waals surface area contributed by atoms with E-state index in [9.17, 15) is 19.5 Å². The average molecular weight is 452 g/mol. The monoisotopic (exact) mass is 452 g/mol. The molecular formula is C23H24N4O6. The number of carbonyl (C=O) groups is 3. The number of nitrogens with one attached hydrogen (secondary N) is 3. The van der Waals surface area contributed by atoms with Gasteiger partial charge >= 0.3 is 12.1 Å². The van der Waals surface area contributed by atoms with Crippen LogP contribution >= 0.6 is 0 Å². The van der Waals surface area contributed by atoms with Gasteiger partial charge in [0.1, 0.15) is 12.6 Å². The molecule has 2 aromatic carbocycles. The molecule has 1 saturated heterocycles. The van der Waals surface area contributed by atoms with Crippen molar-refractivity contribution >= 4 is 18.0 Å². The Balaban J connectivity index is 1.41. The van der Waals surface area contributed by atoms with Crippen LogP contribution in [0.5, 0.6) is 0 Å². The number of carboxylic acids is 1. The summed E-state index contributed by atoms with van der Waals surface area (Å²) in [7, 11) is 0. The highest BCUT2D eigenvalue weighted by molar-refractivity contribution is 5.82. The van der Waals surface area contributed by atoms with Crippen LogP contribution in [0.4, 0.5) is 4.79 Å². The molecule has 0 saturated carbocycles. The van der Waals surface area contributed by atoms with Crippen LogP contribution in [0.3, 0.4) is 0 Å². The Kier molecular flexibility index (Phi) is 8.35. The fourth-order valence-electron chi connectivity index (χ4n) is 3.26. The predicted molar refractivity (Wildman–Crippen MR) is 115 cm³/mol. The first-order valence-electron chi connectivity index (χ1n) is 10.3. The first-order valence-corrected chi connectivity index (χ1v) is 10.3. The number of hydroxylamine groups is 1. The van der Waals surface area contributed by atoms with E-state index in [2.05, 4.69) is 22.2 Å². The molecule has 0 aliphatic carbocycles. The molecule has 1 fully saturated rings. The summed E-state index contributed by atoms with van der Waals surface area (Å²) in [5.74, 6) is -1.71. The highest BCUT2D eigenvalue weighted by Gasteiger charge is 2.29. The summed E-state index contributed by atoms with van der Waals surface area (Å²) < 4.78 is 5.02. The second kappa shape index (κ2) is 11.6. The van der Waals surface area contributed by atoms with E-state index >= 15 is 0 Å². The summed E-state index contributed by atoms with van der Waals surface area (Å²) in [6, 6.07) is 16.6. The summed E-state index contributed by atoms with van der Waals surface area (Å²) in [4.78, 5) is 41.1. The number of carboxylic acid groups (broad SMARTS) is 1. The van der Waals surface area contributed by atoms with Crippen LogP contribution in [0.15, 0.2) is 54.6 Å². The van der Waals surface area contributed by atoms with E-state index in [-0.39, 0.29) is 25.6 Å². The van der Waals surface area contributed by atoms with Gasteiger partial charge in [-0.25, -0.2) is 9.59 Å². The van der Waals surface area contributed by atoms with Crippen molar-refractivity contribution in [2.75, 3.05) is 6.54 Å². The Hall–Kier alpha value is -3.94. The van der Waals surface area contributed by atoms with Gasteiger partial charge in [0.2, 0.25) is 5.91 Å². The van der Waals surface area contributed by atoms with E-state index in [4.69, 9.17) is 14.8 Å². The minimum atomic E-state index is -1.34. The van der Waals surface area contributed by atoms with Crippen LogP contribution in [0.1, 0.15) is 35.6 Å². The summed E-state index contributed by atoms with van der Waals surface area (Å²) >= 11 is 0. The summed E-state index contributed by atoms with van der Waals surface area (Å²) in [5, 5.41) is 22.9. The van der Waals surface area contributed by atoms with Gasteiger partial charge in [-0.2, -0.15) is 10.7 Å². The fourth-order valence-corrected chi connectivity index (χ4v) is 3.26.